The van der Waals surface area contributed by atoms with Crippen molar-refractivity contribution in [1.29, 1.82) is 0 Å². The molecule has 2 saturated carbocycles. The topological polar surface area (TPSA) is 144 Å². The number of fused-ring (bicyclic) bond motifs is 1. The second kappa shape index (κ2) is 10.8. The SMILES string of the molecule is Cc1nc(-c2nnn(C)c2COc2nccc(O[C@@H]3CCOC3)n2)ccc1O[C@@H]1C[C@H]2CCC(C(=O)O)[C@H]2C1. The Hall–Kier alpha value is -3.80. The molecule has 39 heavy (non-hydrogen) atoms. The summed E-state index contributed by atoms with van der Waals surface area (Å²) >= 11 is 0. The summed E-state index contributed by atoms with van der Waals surface area (Å²) in [6.07, 6.45) is 5.82. The largest absolute Gasteiger partial charge is 0.489 e. The number of pyridine rings is 1. The van der Waals surface area contributed by atoms with Gasteiger partial charge >= 0.3 is 12.0 Å². The van der Waals surface area contributed by atoms with Gasteiger partial charge in [0.25, 0.3) is 0 Å². The molecular weight excluding hydrogens is 504 g/mol. The molecular formula is C27H32N6O6. The lowest BCUT2D eigenvalue weighted by Gasteiger charge is -2.18. The predicted octanol–water partition coefficient (Wildman–Crippen LogP) is 2.99. The lowest BCUT2D eigenvalue weighted by atomic mass is 9.92. The zero-order chi connectivity index (χ0) is 26.9. The summed E-state index contributed by atoms with van der Waals surface area (Å²) in [6, 6.07) is 5.65. The number of carbonyl (C=O) groups is 1. The summed E-state index contributed by atoms with van der Waals surface area (Å²) in [5.41, 5.74) is 2.71. The summed E-state index contributed by atoms with van der Waals surface area (Å²) in [7, 11) is 1.79. The molecule has 3 aromatic rings. The number of ether oxygens (including phenoxy) is 4. The number of rotatable bonds is 9. The van der Waals surface area contributed by atoms with Crippen molar-refractivity contribution < 1.29 is 28.8 Å². The minimum absolute atomic E-state index is 0.00918. The third kappa shape index (κ3) is 5.38. The van der Waals surface area contributed by atoms with Crippen molar-refractivity contribution in [3.63, 3.8) is 0 Å². The summed E-state index contributed by atoms with van der Waals surface area (Å²) in [6.45, 7) is 3.28. The van der Waals surface area contributed by atoms with Crippen molar-refractivity contribution in [1.82, 2.24) is 29.9 Å². The number of carboxylic acid groups (broad SMARTS) is 1. The molecule has 12 heteroatoms. The van der Waals surface area contributed by atoms with E-state index in [0.29, 0.717) is 42.1 Å². The van der Waals surface area contributed by atoms with Gasteiger partial charge in [0.2, 0.25) is 5.88 Å². The molecule has 5 atom stereocenters. The van der Waals surface area contributed by atoms with Crippen LogP contribution >= 0.6 is 0 Å². The molecule has 1 saturated heterocycles. The highest BCUT2D eigenvalue weighted by Gasteiger charge is 2.47. The minimum atomic E-state index is -0.680. The van der Waals surface area contributed by atoms with Gasteiger partial charge in [0, 0.05) is 25.7 Å². The predicted molar refractivity (Wildman–Crippen MR) is 136 cm³/mol. The van der Waals surface area contributed by atoms with E-state index in [9.17, 15) is 9.90 Å². The Kier molecular flexibility index (Phi) is 7.03. The smallest absolute Gasteiger partial charge is 0.320 e. The normalized spacial score (nSPS) is 25.9. The van der Waals surface area contributed by atoms with Gasteiger partial charge in [-0.3, -0.25) is 4.79 Å². The Labute approximate surface area is 225 Å². The van der Waals surface area contributed by atoms with Gasteiger partial charge in [0.05, 0.1) is 36.6 Å². The first-order valence-corrected chi connectivity index (χ1v) is 13.4. The van der Waals surface area contributed by atoms with Crippen LogP contribution in [0.1, 0.15) is 43.5 Å². The van der Waals surface area contributed by atoms with Crippen LogP contribution in [0.25, 0.3) is 11.4 Å². The fourth-order valence-electron chi connectivity index (χ4n) is 6.03. The molecule has 0 spiro atoms. The van der Waals surface area contributed by atoms with Crippen molar-refractivity contribution >= 4 is 5.97 Å². The van der Waals surface area contributed by atoms with Crippen LogP contribution in [0.4, 0.5) is 0 Å². The number of nitrogens with zero attached hydrogens (tertiary/aromatic N) is 6. The molecule has 3 fully saturated rings. The molecule has 206 valence electrons. The van der Waals surface area contributed by atoms with Crippen LogP contribution in [0.3, 0.4) is 0 Å². The molecule has 2 aliphatic carbocycles. The van der Waals surface area contributed by atoms with E-state index >= 15 is 0 Å². The van der Waals surface area contributed by atoms with Gasteiger partial charge in [-0.1, -0.05) is 5.21 Å². The van der Waals surface area contributed by atoms with Crippen molar-refractivity contribution in [3.05, 3.63) is 35.8 Å². The van der Waals surface area contributed by atoms with Crippen LogP contribution < -0.4 is 14.2 Å². The zero-order valence-corrected chi connectivity index (χ0v) is 22.0. The van der Waals surface area contributed by atoms with E-state index in [1.54, 1.807) is 24.0 Å². The molecule has 0 aromatic carbocycles. The zero-order valence-electron chi connectivity index (χ0n) is 22.0. The first kappa shape index (κ1) is 25.5. The molecule has 12 nitrogen and oxygen atoms in total. The van der Waals surface area contributed by atoms with Crippen molar-refractivity contribution in [2.75, 3.05) is 13.2 Å². The molecule has 1 N–H and O–H groups in total. The Morgan fingerprint density at radius 2 is 2.03 bits per heavy atom. The highest BCUT2D eigenvalue weighted by molar-refractivity contribution is 5.71. The standard InChI is InChI=1S/C27H32N6O6/c1-15-23(38-18-11-16-3-4-19(26(34)35)20(16)12-18)6-5-21(29-15)25-22(33(2)32-31-25)14-37-27-28-9-7-24(30-27)39-17-8-10-36-13-17/h5-7,9,16-20H,3-4,8,10-14H2,1-2H3,(H,34,35)/t16-,17-,18-,19?,20+/m1/s1. The van der Waals surface area contributed by atoms with Crippen LogP contribution in [0.5, 0.6) is 17.6 Å². The maximum atomic E-state index is 11.6. The second-order valence-corrected chi connectivity index (χ2v) is 10.5. The average molecular weight is 537 g/mol. The minimum Gasteiger partial charge on any atom is -0.489 e. The maximum absolute atomic E-state index is 11.6. The first-order chi connectivity index (χ1) is 18.9. The molecule has 3 aromatic heterocycles. The molecule has 3 aliphatic rings. The van der Waals surface area contributed by atoms with E-state index in [4.69, 9.17) is 23.9 Å². The van der Waals surface area contributed by atoms with Gasteiger partial charge in [0.15, 0.2) is 0 Å². The van der Waals surface area contributed by atoms with E-state index in [2.05, 4.69) is 20.3 Å². The van der Waals surface area contributed by atoms with Crippen LogP contribution in [-0.4, -0.2) is 66.4 Å². The van der Waals surface area contributed by atoms with E-state index in [1.807, 2.05) is 19.1 Å². The summed E-state index contributed by atoms with van der Waals surface area (Å²) < 4.78 is 25.0. The summed E-state index contributed by atoms with van der Waals surface area (Å²) in [5.74, 6) is 0.853. The van der Waals surface area contributed by atoms with E-state index in [-0.39, 0.29) is 36.7 Å². The highest BCUT2D eigenvalue weighted by Crippen LogP contribution is 2.48. The van der Waals surface area contributed by atoms with Gasteiger partial charge in [-0.05, 0) is 56.6 Å². The Morgan fingerprint density at radius 3 is 2.82 bits per heavy atom. The number of hydrogen-bond donors (Lipinski definition) is 1. The molecule has 0 bridgehead atoms. The van der Waals surface area contributed by atoms with Crippen LogP contribution in [0, 0.1) is 24.7 Å². The van der Waals surface area contributed by atoms with Gasteiger partial charge in [-0.25, -0.2) is 14.6 Å². The monoisotopic (exact) mass is 536 g/mol. The number of aliphatic carboxylic acids is 1. The summed E-state index contributed by atoms with van der Waals surface area (Å²) in [4.78, 5) is 24.9. The third-order valence-corrected chi connectivity index (χ3v) is 8.03. The van der Waals surface area contributed by atoms with Crippen LogP contribution in [0.15, 0.2) is 24.4 Å². The fourth-order valence-corrected chi connectivity index (χ4v) is 6.03. The summed E-state index contributed by atoms with van der Waals surface area (Å²) in [5, 5.41) is 18.0. The molecule has 4 heterocycles. The Morgan fingerprint density at radius 1 is 1.13 bits per heavy atom. The number of carboxylic acids is 1. The number of hydrogen-bond acceptors (Lipinski definition) is 10. The van der Waals surface area contributed by atoms with Gasteiger partial charge < -0.3 is 24.1 Å². The molecule has 0 amide bonds. The Bertz CT molecular complexity index is 1340. The maximum Gasteiger partial charge on any atom is 0.320 e. The molecule has 1 aliphatic heterocycles. The average Bonchev–Trinajstić information content (AvgIpc) is 3.70. The fraction of sp³-hybridized carbons (Fsp3) is 0.556. The van der Waals surface area contributed by atoms with Crippen LogP contribution in [0.2, 0.25) is 0 Å². The lowest BCUT2D eigenvalue weighted by Crippen LogP contribution is -2.21. The number of aromatic nitrogens is 6. The van der Waals surface area contributed by atoms with Gasteiger partial charge in [-0.2, -0.15) is 4.98 Å². The van der Waals surface area contributed by atoms with Crippen molar-refractivity contribution in [2.24, 2.45) is 24.8 Å². The highest BCUT2D eigenvalue weighted by atomic mass is 16.6. The third-order valence-electron chi connectivity index (χ3n) is 8.03. The second-order valence-electron chi connectivity index (χ2n) is 10.5. The first-order valence-electron chi connectivity index (χ1n) is 13.4. The van der Waals surface area contributed by atoms with E-state index in [1.165, 1.54) is 0 Å². The Balaban J connectivity index is 1.11. The van der Waals surface area contributed by atoms with Gasteiger partial charge in [0.1, 0.15) is 29.8 Å². The lowest BCUT2D eigenvalue weighted by molar-refractivity contribution is -0.143. The molecule has 0 radical (unpaired) electrons. The quantitative estimate of drug-likeness (QED) is 0.431. The van der Waals surface area contributed by atoms with Crippen LogP contribution in [-0.2, 0) is 23.2 Å². The molecule has 6 rings (SSSR count). The molecule has 1 unspecified atom stereocenters. The van der Waals surface area contributed by atoms with E-state index < -0.39 is 5.97 Å². The van der Waals surface area contributed by atoms with Crippen molar-refractivity contribution in [2.45, 2.75) is 57.8 Å². The van der Waals surface area contributed by atoms with Gasteiger partial charge in [-0.15, -0.1) is 5.10 Å². The number of aryl methyl sites for hydroxylation is 2. The van der Waals surface area contributed by atoms with Crippen molar-refractivity contribution in [3.8, 4) is 29.0 Å². The van der Waals surface area contributed by atoms with E-state index in [0.717, 1.165) is 43.5 Å².